The highest BCUT2D eigenvalue weighted by atomic mass is 15.0. The van der Waals surface area contributed by atoms with Gasteiger partial charge in [-0.1, -0.05) is 62.4 Å². The second-order valence-electron chi connectivity index (χ2n) is 7.48. The lowest BCUT2D eigenvalue weighted by molar-refractivity contribution is 0.683. The molecule has 3 aromatic rings. The SMILES string of the molecule is CC1(C)C=Cc2cc(-n3c4c(c5ccccc53)C=CCC4)ccc21. The molecule has 2 aromatic carbocycles. The first kappa shape index (κ1) is 13.9. The largest absolute Gasteiger partial charge is 0.313 e. The van der Waals surface area contributed by atoms with Crippen molar-refractivity contribution >= 4 is 23.1 Å². The summed E-state index contributed by atoms with van der Waals surface area (Å²) in [4.78, 5) is 0. The Bertz CT molecular complexity index is 1030. The second kappa shape index (κ2) is 4.73. The molecule has 118 valence electrons. The molecule has 0 N–H and O–H groups in total. The van der Waals surface area contributed by atoms with E-state index in [9.17, 15) is 0 Å². The number of rotatable bonds is 1. The zero-order valence-electron chi connectivity index (χ0n) is 14.2. The van der Waals surface area contributed by atoms with Gasteiger partial charge in [-0.25, -0.2) is 0 Å². The Morgan fingerprint density at radius 2 is 1.88 bits per heavy atom. The first-order chi connectivity index (χ1) is 11.6. The van der Waals surface area contributed by atoms with Crippen molar-refractivity contribution in [2.45, 2.75) is 32.1 Å². The predicted octanol–water partition coefficient (Wildman–Crippen LogP) is 5.89. The fourth-order valence-corrected chi connectivity index (χ4v) is 4.27. The van der Waals surface area contributed by atoms with E-state index in [1.807, 2.05) is 0 Å². The molecule has 0 saturated heterocycles. The fraction of sp³-hybridized carbons (Fsp3) is 0.217. The van der Waals surface area contributed by atoms with Gasteiger partial charge >= 0.3 is 0 Å². The number of hydrogen-bond donors (Lipinski definition) is 0. The van der Waals surface area contributed by atoms with Gasteiger partial charge in [0.05, 0.1) is 5.52 Å². The van der Waals surface area contributed by atoms with E-state index < -0.39 is 0 Å². The zero-order valence-corrected chi connectivity index (χ0v) is 14.2. The van der Waals surface area contributed by atoms with Crippen molar-refractivity contribution in [2.75, 3.05) is 0 Å². The van der Waals surface area contributed by atoms with E-state index in [1.165, 1.54) is 39.0 Å². The molecule has 5 rings (SSSR count). The molecule has 2 aliphatic carbocycles. The second-order valence-corrected chi connectivity index (χ2v) is 7.48. The summed E-state index contributed by atoms with van der Waals surface area (Å²) < 4.78 is 2.47. The van der Waals surface area contributed by atoms with E-state index >= 15 is 0 Å². The number of nitrogens with zero attached hydrogens (tertiary/aromatic N) is 1. The molecule has 1 aromatic heterocycles. The van der Waals surface area contributed by atoms with Gasteiger partial charge in [0, 0.05) is 27.7 Å². The Morgan fingerprint density at radius 3 is 2.79 bits per heavy atom. The van der Waals surface area contributed by atoms with Crippen molar-refractivity contribution in [1.29, 1.82) is 0 Å². The van der Waals surface area contributed by atoms with E-state index in [-0.39, 0.29) is 5.41 Å². The normalized spacial score (nSPS) is 17.2. The van der Waals surface area contributed by atoms with Gasteiger partial charge in [0.15, 0.2) is 0 Å². The van der Waals surface area contributed by atoms with Crippen LogP contribution in [0.2, 0.25) is 0 Å². The van der Waals surface area contributed by atoms with Crippen LogP contribution in [0, 0.1) is 0 Å². The number of hydrogen-bond acceptors (Lipinski definition) is 0. The average Bonchev–Trinajstić information content (AvgIpc) is 3.09. The van der Waals surface area contributed by atoms with Crippen LogP contribution in [-0.2, 0) is 11.8 Å². The van der Waals surface area contributed by atoms with E-state index in [0.717, 1.165) is 12.8 Å². The quantitative estimate of drug-likeness (QED) is 0.527. The predicted molar refractivity (Wildman–Crippen MR) is 103 cm³/mol. The zero-order chi connectivity index (χ0) is 16.3. The summed E-state index contributed by atoms with van der Waals surface area (Å²) in [5.41, 5.74) is 8.37. The lowest BCUT2D eigenvalue weighted by atomic mass is 9.87. The lowest BCUT2D eigenvalue weighted by Crippen LogP contribution is -2.11. The standard InChI is InChI=1S/C23H21N/c1-23(2)14-13-16-15-17(11-12-20(16)23)24-21-9-5-3-7-18(21)19-8-4-6-10-22(19)24/h3-5,7-9,11-15H,6,10H2,1-2H3. The Morgan fingerprint density at radius 1 is 1.00 bits per heavy atom. The number of aromatic nitrogens is 1. The molecule has 0 spiro atoms. The summed E-state index contributed by atoms with van der Waals surface area (Å²) in [7, 11) is 0. The highest BCUT2D eigenvalue weighted by molar-refractivity contribution is 5.93. The molecule has 0 amide bonds. The van der Waals surface area contributed by atoms with Crippen LogP contribution in [0.25, 0.3) is 28.7 Å². The maximum absolute atomic E-state index is 2.47. The highest BCUT2D eigenvalue weighted by Gasteiger charge is 2.25. The highest BCUT2D eigenvalue weighted by Crippen LogP contribution is 2.38. The third-order valence-corrected chi connectivity index (χ3v) is 5.52. The van der Waals surface area contributed by atoms with Crippen molar-refractivity contribution in [2.24, 2.45) is 0 Å². The molecule has 1 nitrogen and oxygen atoms in total. The third kappa shape index (κ3) is 1.81. The summed E-state index contributed by atoms with van der Waals surface area (Å²) >= 11 is 0. The molecule has 1 heterocycles. The number of fused-ring (bicyclic) bond motifs is 4. The van der Waals surface area contributed by atoms with Crippen LogP contribution in [0.15, 0.2) is 54.6 Å². The topological polar surface area (TPSA) is 4.93 Å². The van der Waals surface area contributed by atoms with Gasteiger partial charge in [-0.3, -0.25) is 0 Å². The maximum atomic E-state index is 2.47. The minimum absolute atomic E-state index is 0.148. The van der Waals surface area contributed by atoms with Crippen molar-refractivity contribution in [1.82, 2.24) is 4.57 Å². The van der Waals surface area contributed by atoms with E-state index in [4.69, 9.17) is 0 Å². The first-order valence-electron chi connectivity index (χ1n) is 8.78. The molecule has 0 aliphatic heterocycles. The molecule has 0 atom stereocenters. The van der Waals surface area contributed by atoms with Crippen LogP contribution >= 0.6 is 0 Å². The van der Waals surface area contributed by atoms with Crippen molar-refractivity contribution in [3.8, 4) is 5.69 Å². The van der Waals surface area contributed by atoms with Crippen LogP contribution in [0.3, 0.4) is 0 Å². The monoisotopic (exact) mass is 311 g/mol. The van der Waals surface area contributed by atoms with Crippen LogP contribution in [-0.4, -0.2) is 4.57 Å². The molecule has 0 bridgehead atoms. The minimum Gasteiger partial charge on any atom is -0.313 e. The molecule has 2 aliphatic rings. The van der Waals surface area contributed by atoms with Gasteiger partial charge in [-0.05, 0) is 42.2 Å². The smallest absolute Gasteiger partial charge is 0.0537 e. The van der Waals surface area contributed by atoms with Gasteiger partial charge in [0.25, 0.3) is 0 Å². The summed E-state index contributed by atoms with van der Waals surface area (Å²) in [6, 6.07) is 15.7. The summed E-state index contributed by atoms with van der Waals surface area (Å²) in [6.07, 6.45) is 11.4. The molecule has 0 radical (unpaired) electrons. The van der Waals surface area contributed by atoms with Crippen molar-refractivity contribution in [3.05, 3.63) is 77.0 Å². The van der Waals surface area contributed by atoms with Gasteiger partial charge in [-0.2, -0.15) is 0 Å². The summed E-state index contributed by atoms with van der Waals surface area (Å²) in [6.45, 7) is 4.57. The summed E-state index contributed by atoms with van der Waals surface area (Å²) in [5, 5.41) is 1.36. The van der Waals surface area contributed by atoms with Crippen LogP contribution < -0.4 is 0 Å². The third-order valence-electron chi connectivity index (χ3n) is 5.52. The van der Waals surface area contributed by atoms with Gasteiger partial charge < -0.3 is 4.57 Å². The molecule has 1 heteroatoms. The molecule has 0 unspecified atom stereocenters. The molecule has 24 heavy (non-hydrogen) atoms. The maximum Gasteiger partial charge on any atom is 0.0537 e. The lowest BCUT2D eigenvalue weighted by Gasteiger charge is -2.19. The Hall–Kier alpha value is -2.54. The number of allylic oxidation sites excluding steroid dienone is 2. The Labute approximate surface area is 142 Å². The van der Waals surface area contributed by atoms with Crippen LogP contribution in [0.1, 0.15) is 42.7 Å². The van der Waals surface area contributed by atoms with E-state index in [0.29, 0.717) is 0 Å². The van der Waals surface area contributed by atoms with Gasteiger partial charge in [-0.15, -0.1) is 0 Å². The molecular formula is C23H21N. The van der Waals surface area contributed by atoms with Crippen LogP contribution in [0.5, 0.6) is 0 Å². The Balaban J connectivity index is 1.79. The minimum atomic E-state index is 0.148. The van der Waals surface area contributed by atoms with E-state index in [2.05, 4.69) is 85.2 Å². The number of benzene rings is 2. The van der Waals surface area contributed by atoms with Gasteiger partial charge in [0.1, 0.15) is 0 Å². The Kier molecular flexibility index (Phi) is 2.73. The van der Waals surface area contributed by atoms with Gasteiger partial charge in [0.2, 0.25) is 0 Å². The molecule has 0 saturated carbocycles. The summed E-state index contributed by atoms with van der Waals surface area (Å²) in [5.74, 6) is 0. The van der Waals surface area contributed by atoms with Crippen molar-refractivity contribution < 1.29 is 0 Å². The molecule has 0 fully saturated rings. The van der Waals surface area contributed by atoms with E-state index in [1.54, 1.807) is 0 Å². The first-order valence-corrected chi connectivity index (χ1v) is 8.78. The molecular weight excluding hydrogens is 290 g/mol. The number of para-hydroxylation sites is 1. The fourth-order valence-electron chi connectivity index (χ4n) is 4.27. The average molecular weight is 311 g/mol. The van der Waals surface area contributed by atoms with Crippen LogP contribution in [0.4, 0.5) is 0 Å². The van der Waals surface area contributed by atoms with Crippen molar-refractivity contribution in [3.63, 3.8) is 0 Å².